The van der Waals surface area contributed by atoms with E-state index in [9.17, 15) is 0 Å². The number of nitrogens with zero attached hydrogens (tertiary/aromatic N) is 1. The maximum atomic E-state index is 5.48. The second-order valence-electron chi connectivity index (χ2n) is 5.17. The van der Waals surface area contributed by atoms with E-state index in [1.807, 2.05) is 19.2 Å². The van der Waals surface area contributed by atoms with Crippen LogP contribution < -0.4 is 5.32 Å². The molecule has 0 heterocycles. The lowest BCUT2D eigenvalue weighted by atomic mass is 10.1. The lowest BCUT2D eigenvalue weighted by Crippen LogP contribution is -2.39. The first-order valence-electron chi connectivity index (χ1n) is 7.28. The molecule has 0 spiro atoms. The molecule has 2 aromatic carbocycles. The average Bonchev–Trinajstić information content (AvgIpc) is 2.55. The summed E-state index contributed by atoms with van der Waals surface area (Å²) in [5.74, 6) is 0. The summed E-state index contributed by atoms with van der Waals surface area (Å²) in [7, 11) is 2.04. The van der Waals surface area contributed by atoms with Crippen molar-refractivity contribution in [3.63, 3.8) is 0 Å². The predicted octanol–water partition coefficient (Wildman–Crippen LogP) is 3.80. The molecule has 0 aliphatic carbocycles. The van der Waals surface area contributed by atoms with Crippen molar-refractivity contribution in [2.45, 2.75) is 19.4 Å². The SMILES string of the molecule is C[C@H](c1ccccc1)N(C)C(=S)NCCc1ccccc1. The topological polar surface area (TPSA) is 15.3 Å². The zero-order valence-electron chi connectivity index (χ0n) is 12.6. The van der Waals surface area contributed by atoms with E-state index in [0.717, 1.165) is 18.1 Å². The van der Waals surface area contributed by atoms with Crippen LogP contribution in [0, 0.1) is 0 Å². The maximum absolute atomic E-state index is 5.48. The molecule has 3 heteroatoms. The summed E-state index contributed by atoms with van der Waals surface area (Å²) in [6.45, 7) is 3.02. The molecule has 2 aromatic rings. The zero-order valence-corrected chi connectivity index (χ0v) is 13.4. The Balaban J connectivity index is 1.82. The number of benzene rings is 2. The molecule has 0 aromatic heterocycles. The van der Waals surface area contributed by atoms with Crippen molar-refractivity contribution in [3.8, 4) is 0 Å². The molecule has 0 amide bonds. The Labute approximate surface area is 132 Å². The van der Waals surface area contributed by atoms with Gasteiger partial charge in [-0.25, -0.2) is 0 Å². The molecule has 1 atom stereocenters. The van der Waals surface area contributed by atoms with Crippen LogP contribution in [0.25, 0.3) is 0 Å². The molecule has 21 heavy (non-hydrogen) atoms. The fourth-order valence-electron chi connectivity index (χ4n) is 2.21. The van der Waals surface area contributed by atoms with E-state index < -0.39 is 0 Å². The second kappa shape index (κ2) is 7.79. The van der Waals surface area contributed by atoms with Crippen LogP contribution in [0.4, 0.5) is 0 Å². The minimum Gasteiger partial charge on any atom is -0.362 e. The lowest BCUT2D eigenvalue weighted by molar-refractivity contribution is 0.396. The highest BCUT2D eigenvalue weighted by atomic mass is 32.1. The van der Waals surface area contributed by atoms with E-state index in [4.69, 9.17) is 12.2 Å². The van der Waals surface area contributed by atoms with Gasteiger partial charge >= 0.3 is 0 Å². The van der Waals surface area contributed by atoms with Gasteiger partial charge in [0.05, 0.1) is 6.04 Å². The Bertz CT molecular complexity index is 554. The Hall–Kier alpha value is -1.87. The van der Waals surface area contributed by atoms with Crippen LogP contribution in [0.3, 0.4) is 0 Å². The molecule has 0 bridgehead atoms. The summed E-state index contributed by atoms with van der Waals surface area (Å²) >= 11 is 5.48. The second-order valence-corrected chi connectivity index (χ2v) is 5.55. The average molecular weight is 298 g/mol. The summed E-state index contributed by atoms with van der Waals surface area (Å²) in [5, 5.41) is 4.13. The van der Waals surface area contributed by atoms with Gasteiger partial charge in [-0.1, -0.05) is 60.7 Å². The summed E-state index contributed by atoms with van der Waals surface area (Å²) in [4.78, 5) is 2.11. The number of thiocarbonyl (C=S) groups is 1. The van der Waals surface area contributed by atoms with Gasteiger partial charge in [-0.3, -0.25) is 0 Å². The minimum atomic E-state index is 0.267. The van der Waals surface area contributed by atoms with Crippen molar-refractivity contribution in [1.29, 1.82) is 0 Å². The first-order chi connectivity index (χ1) is 10.2. The number of rotatable bonds is 5. The van der Waals surface area contributed by atoms with Crippen LogP contribution in [0.15, 0.2) is 60.7 Å². The highest BCUT2D eigenvalue weighted by Gasteiger charge is 2.13. The molecule has 0 aliphatic rings. The van der Waals surface area contributed by atoms with Gasteiger partial charge in [0.1, 0.15) is 0 Å². The van der Waals surface area contributed by atoms with Crippen LogP contribution in [-0.4, -0.2) is 23.6 Å². The van der Waals surface area contributed by atoms with Crippen molar-refractivity contribution in [3.05, 3.63) is 71.8 Å². The van der Waals surface area contributed by atoms with E-state index in [2.05, 4.69) is 65.7 Å². The Morgan fingerprint density at radius 1 is 1.05 bits per heavy atom. The molecule has 2 rings (SSSR count). The van der Waals surface area contributed by atoms with Gasteiger partial charge in [-0.2, -0.15) is 0 Å². The molecule has 0 saturated heterocycles. The first-order valence-corrected chi connectivity index (χ1v) is 7.69. The molecule has 0 saturated carbocycles. The van der Waals surface area contributed by atoms with Gasteiger partial charge in [0.25, 0.3) is 0 Å². The highest BCUT2D eigenvalue weighted by molar-refractivity contribution is 7.80. The Morgan fingerprint density at radius 3 is 2.24 bits per heavy atom. The fourth-order valence-corrected chi connectivity index (χ4v) is 2.47. The summed E-state index contributed by atoms with van der Waals surface area (Å²) < 4.78 is 0. The zero-order chi connectivity index (χ0) is 15.1. The number of hydrogen-bond donors (Lipinski definition) is 1. The van der Waals surface area contributed by atoms with Gasteiger partial charge in [0.15, 0.2) is 5.11 Å². The fraction of sp³-hybridized carbons (Fsp3) is 0.278. The van der Waals surface area contributed by atoms with Crippen molar-refractivity contribution in [2.75, 3.05) is 13.6 Å². The summed E-state index contributed by atoms with van der Waals surface area (Å²) in [5.41, 5.74) is 2.60. The minimum absolute atomic E-state index is 0.267. The monoisotopic (exact) mass is 298 g/mol. The van der Waals surface area contributed by atoms with Gasteiger partial charge < -0.3 is 10.2 Å². The molecular formula is C18H22N2S. The van der Waals surface area contributed by atoms with E-state index in [1.165, 1.54) is 11.1 Å². The molecule has 2 nitrogen and oxygen atoms in total. The number of nitrogens with one attached hydrogen (secondary N) is 1. The van der Waals surface area contributed by atoms with Gasteiger partial charge in [-0.05, 0) is 36.7 Å². The van der Waals surface area contributed by atoms with E-state index in [0.29, 0.717) is 0 Å². The van der Waals surface area contributed by atoms with Crippen molar-refractivity contribution in [2.24, 2.45) is 0 Å². The van der Waals surface area contributed by atoms with Crippen molar-refractivity contribution < 1.29 is 0 Å². The third-order valence-electron chi connectivity index (χ3n) is 3.72. The smallest absolute Gasteiger partial charge is 0.169 e. The molecule has 0 radical (unpaired) electrons. The Kier molecular flexibility index (Phi) is 5.76. The maximum Gasteiger partial charge on any atom is 0.169 e. The van der Waals surface area contributed by atoms with Crippen LogP contribution in [0.2, 0.25) is 0 Å². The predicted molar refractivity (Wildman–Crippen MR) is 93.4 cm³/mol. The summed E-state index contributed by atoms with van der Waals surface area (Å²) in [6.07, 6.45) is 0.981. The standard InChI is InChI=1S/C18H22N2S/c1-15(17-11-7-4-8-12-17)20(2)18(21)19-14-13-16-9-5-3-6-10-16/h3-12,15H,13-14H2,1-2H3,(H,19,21)/t15-/m1/s1. The Morgan fingerprint density at radius 2 is 1.62 bits per heavy atom. The van der Waals surface area contributed by atoms with Gasteiger partial charge in [0.2, 0.25) is 0 Å². The van der Waals surface area contributed by atoms with Crippen LogP contribution in [0.5, 0.6) is 0 Å². The van der Waals surface area contributed by atoms with E-state index in [1.54, 1.807) is 0 Å². The van der Waals surface area contributed by atoms with E-state index >= 15 is 0 Å². The van der Waals surface area contributed by atoms with Crippen LogP contribution in [-0.2, 0) is 6.42 Å². The molecule has 1 N–H and O–H groups in total. The normalized spacial score (nSPS) is 11.7. The molecular weight excluding hydrogens is 276 g/mol. The van der Waals surface area contributed by atoms with Gasteiger partial charge in [0, 0.05) is 13.6 Å². The lowest BCUT2D eigenvalue weighted by Gasteiger charge is -2.28. The molecule has 0 unspecified atom stereocenters. The van der Waals surface area contributed by atoms with E-state index in [-0.39, 0.29) is 6.04 Å². The van der Waals surface area contributed by atoms with Gasteiger partial charge in [-0.15, -0.1) is 0 Å². The quantitative estimate of drug-likeness (QED) is 0.845. The highest BCUT2D eigenvalue weighted by Crippen LogP contribution is 2.17. The van der Waals surface area contributed by atoms with Crippen LogP contribution >= 0.6 is 12.2 Å². The first kappa shape index (κ1) is 15.5. The van der Waals surface area contributed by atoms with Crippen molar-refractivity contribution in [1.82, 2.24) is 10.2 Å². The third kappa shape index (κ3) is 4.57. The van der Waals surface area contributed by atoms with Crippen molar-refractivity contribution >= 4 is 17.3 Å². The number of hydrogen-bond acceptors (Lipinski definition) is 1. The van der Waals surface area contributed by atoms with Crippen LogP contribution in [0.1, 0.15) is 24.1 Å². The molecule has 0 aliphatic heterocycles. The largest absolute Gasteiger partial charge is 0.362 e. The molecule has 110 valence electrons. The third-order valence-corrected chi connectivity index (χ3v) is 4.15. The summed E-state index contributed by atoms with van der Waals surface area (Å²) in [6, 6.07) is 21.1. The molecule has 0 fully saturated rings.